The molecule has 26 heavy (non-hydrogen) atoms. The Morgan fingerprint density at radius 1 is 1.08 bits per heavy atom. The summed E-state index contributed by atoms with van der Waals surface area (Å²) in [7, 11) is -3.79. The molecule has 0 aliphatic rings. The van der Waals surface area contributed by atoms with Crippen molar-refractivity contribution in [3.05, 3.63) is 66.0 Å². The van der Waals surface area contributed by atoms with Crippen LogP contribution in [-0.4, -0.2) is 26.9 Å². The first kappa shape index (κ1) is 20.1. The Balaban J connectivity index is 1.99. The van der Waals surface area contributed by atoms with Gasteiger partial charge in [-0.3, -0.25) is 4.79 Å². The van der Waals surface area contributed by atoms with Crippen LogP contribution in [0.1, 0.15) is 19.4 Å². The Bertz CT molecular complexity index is 839. The summed E-state index contributed by atoms with van der Waals surface area (Å²) in [4.78, 5) is 12.5. The fourth-order valence-electron chi connectivity index (χ4n) is 2.46. The lowest BCUT2D eigenvalue weighted by molar-refractivity contribution is -0.123. The molecule has 0 heterocycles. The van der Waals surface area contributed by atoms with Crippen molar-refractivity contribution in [2.24, 2.45) is 5.92 Å². The lowest BCUT2D eigenvalue weighted by Crippen LogP contribution is -2.49. The number of benzene rings is 2. The Hall–Kier alpha value is -2.25. The van der Waals surface area contributed by atoms with Gasteiger partial charge in [-0.1, -0.05) is 44.2 Å². The molecule has 1 atom stereocenters. The average Bonchev–Trinajstić information content (AvgIpc) is 2.60. The van der Waals surface area contributed by atoms with E-state index >= 15 is 0 Å². The molecule has 0 unspecified atom stereocenters. The van der Waals surface area contributed by atoms with Gasteiger partial charge in [-0.25, -0.2) is 12.8 Å². The Morgan fingerprint density at radius 2 is 1.77 bits per heavy atom. The van der Waals surface area contributed by atoms with Gasteiger partial charge in [0.1, 0.15) is 11.9 Å². The van der Waals surface area contributed by atoms with Crippen LogP contribution in [0.15, 0.2) is 59.5 Å². The standard InChI is InChI=1S/C19H23FN2O3S/c1-14(2)18(22-26(24,25)17-9-4-3-5-10-17)19(23)21-12-11-15-7-6-8-16(20)13-15/h3-10,13-14,18,22H,11-12H2,1-2H3,(H,21,23)/t18-/m0/s1. The number of hydrogen-bond acceptors (Lipinski definition) is 3. The normalized spacial score (nSPS) is 12.8. The predicted octanol–water partition coefficient (Wildman–Crippen LogP) is 2.49. The van der Waals surface area contributed by atoms with Gasteiger partial charge in [0.2, 0.25) is 15.9 Å². The molecule has 0 saturated heterocycles. The summed E-state index contributed by atoms with van der Waals surface area (Å²) in [5.74, 6) is -0.969. The summed E-state index contributed by atoms with van der Waals surface area (Å²) in [6.45, 7) is 3.83. The van der Waals surface area contributed by atoms with E-state index in [-0.39, 0.29) is 16.6 Å². The van der Waals surface area contributed by atoms with E-state index in [4.69, 9.17) is 0 Å². The van der Waals surface area contributed by atoms with E-state index in [2.05, 4.69) is 10.0 Å². The van der Waals surface area contributed by atoms with Crippen molar-refractivity contribution in [3.8, 4) is 0 Å². The summed E-state index contributed by atoms with van der Waals surface area (Å²) >= 11 is 0. The van der Waals surface area contributed by atoms with Crippen molar-refractivity contribution < 1.29 is 17.6 Å². The first-order valence-corrected chi connectivity index (χ1v) is 9.87. The monoisotopic (exact) mass is 378 g/mol. The summed E-state index contributed by atoms with van der Waals surface area (Å²) < 4.78 is 40.5. The Kier molecular flexibility index (Phi) is 6.88. The van der Waals surface area contributed by atoms with Gasteiger partial charge in [-0.15, -0.1) is 0 Å². The minimum Gasteiger partial charge on any atom is -0.354 e. The maximum Gasteiger partial charge on any atom is 0.241 e. The summed E-state index contributed by atoms with van der Waals surface area (Å²) in [6, 6.07) is 13.2. The van der Waals surface area contributed by atoms with Crippen LogP contribution in [0.25, 0.3) is 0 Å². The van der Waals surface area contributed by atoms with Gasteiger partial charge < -0.3 is 5.32 Å². The minimum absolute atomic E-state index is 0.109. The molecule has 1 amide bonds. The van der Waals surface area contributed by atoms with E-state index in [1.54, 1.807) is 44.2 Å². The zero-order valence-electron chi connectivity index (χ0n) is 14.8. The number of rotatable bonds is 8. The molecular formula is C19H23FN2O3S. The first-order chi connectivity index (χ1) is 12.3. The van der Waals surface area contributed by atoms with E-state index in [1.807, 2.05) is 0 Å². The third kappa shape index (κ3) is 5.64. The van der Waals surface area contributed by atoms with E-state index < -0.39 is 22.0 Å². The van der Waals surface area contributed by atoms with Crippen molar-refractivity contribution in [2.45, 2.75) is 31.2 Å². The van der Waals surface area contributed by atoms with Crippen molar-refractivity contribution in [3.63, 3.8) is 0 Å². The molecule has 0 aromatic heterocycles. The molecule has 0 bridgehead atoms. The number of halogens is 1. The maximum atomic E-state index is 13.2. The maximum absolute atomic E-state index is 13.2. The lowest BCUT2D eigenvalue weighted by Gasteiger charge is -2.21. The highest BCUT2D eigenvalue weighted by Gasteiger charge is 2.28. The number of carbonyl (C=O) groups excluding carboxylic acids is 1. The molecule has 7 heteroatoms. The van der Waals surface area contributed by atoms with Gasteiger partial charge in [0.25, 0.3) is 0 Å². The quantitative estimate of drug-likeness (QED) is 0.741. The second kappa shape index (κ2) is 8.91. The van der Waals surface area contributed by atoms with Gasteiger partial charge in [-0.05, 0) is 42.2 Å². The largest absolute Gasteiger partial charge is 0.354 e. The van der Waals surface area contributed by atoms with Crippen LogP contribution >= 0.6 is 0 Å². The van der Waals surface area contributed by atoms with Crippen molar-refractivity contribution in [2.75, 3.05) is 6.54 Å². The van der Waals surface area contributed by atoms with Gasteiger partial charge >= 0.3 is 0 Å². The van der Waals surface area contributed by atoms with Crippen LogP contribution in [-0.2, 0) is 21.2 Å². The Morgan fingerprint density at radius 3 is 2.38 bits per heavy atom. The molecule has 2 aromatic rings. The molecule has 2 N–H and O–H groups in total. The van der Waals surface area contributed by atoms with Crippen LogP contribution in [0.3, 0.4) is 0 Å². The molecule has 0 aliphatic carbocycles. The highest BCUT2D eigenvalue weighted by Crippen LogP contribution is 2.11. The average molecular weight is 378 g/mol. The van der Waals surface area contributed by atoms with Crippen LogP contribution in [0.5, 0.6) is 0 Å². The fraction of sp³-hybridized carbons (Fsp3) is 0.316. The van der Waals surface area contributed by atoms with E-state index in [0.717, 1.165) is 5.56 Å². The van der Waals surface area contributed by atoms with Gasteiger partial charge in [0.15, 0.2) is 0 Å². The van der Waals surface area contributed by atoms with Crippen LogP contribution < -0.4 is 10.0 Å². The second-order valence-corrected chi connectivity index (χ2v) is 8.04. The molecule has 140 valence electrons. The van der Waals surface area contributed by atoms with Crippen LogP contribution in [0.2, 0.25) is 0 Å². The molecular weight excluding hydrogens is 355 g/mol. The zero-order valence-corrected chi connectivity index (χ0v) is 15.6. The number of carbonyl (C=O) groups is 1. The molecule has 0 aliphatic heterocycles. The third-order valence-corrected chi connectivity index (χ3v) is 5.34. The molecule has 0 spiro atoms. The van der Waals surface area contributed by atoms with Gasteiger partial charge in [0.05, 0.1) is 4.90 Å². The van der Waals surface area contributed by atoms with E-state index in [9.17, 15) is 17.6 Å². The minimum atomic E-state index is -3.79. The molecule has 2 rings (SSSR count). The molecule has 5 nitrogen and oxygen atoms in total. The highest BCUT2D eigenvalue weighted by molar-refractivity contribution is 7.89. The SMILES string of the molecule is CC(C)[C@H](NS(=O)(=O)c1ccccc1)C(=O)NCCc1cccc(F)c1. The zero-order chi connectivity index (χ0) is 19.2. The predicted molar refractivity (Wildman–Crippen MR) is 98.5 cm³/mol. The summed E-state index contributed by atoms with van der Waals surface area (Å²) in [5, 5.41) is 2.72. The van der Waals surface area contributed by atoms with Crippen LogP contribution in [0, 0.1) is 11.7 Å². The first-order valence-electron chi connectivity index (χ1n) is 8.39. The highest BCUT2D eigenvalue weighted by atomic mass is 32.2. The van der Waals surface area contributed by atoms with Gasteiger partial charge in [0, 0.05) is 6.54 Å². The Labute approximate surface area is 153 Å². The molecule has 0 saturated carbocycles. The van der Waals surface area contributed by atoms with E-state index in [1.165, 1.54) is 24.3 Å². The number of sulfonamides is 1. The smallest absolute Gasteiger partial charge is 0.241 e. The van der Waals surface area contributed by atoms with Crippen molar-refractivity contribution in [1.82, 2.24) is 10.0 Å². The number of hydrogen-bond donors (Lipinski definition) is 2. The summed E-state index contributed by atoms with van der Waals surface area (Å²) in [6.07, 6.45) is 0.458. The second-order valence-electron chi connectivity index (χ2n) is 6.33. The van der Waals surface area contributed by atoms with Crippen LogP contribution in [0.4, 0.5) is 4.39 Å². The van der Waals surface area contributed by atoms with E-state index in [0.29, 0.717) is 13.0 Å². The van der Waals surface area contributed by atoms with Gasteiger partial charge in [-0.2, -0.15) is 4.72 Å². The number of nitrogens with one attached hydrogen (secondary N) is 2. The lowest BCUT2D eigenvalue weighted by atomic mass is 10.0. The summed E-state index contributed by atoms with van der Waals surface area (Å²) in [5.41, 5.74) is 0.760. The topological polar surface area (TPSA) is 75.3 Å². The van der Waals surface area contributed by atoms with Crippen molar-refractivity contribution >= 4 is 15.9 Å². The molecule has 0 fully saturated rings. The molecule has 2 aromatic carbocycles. The molecule has 0 radical (unpaired) electrons. The third-order valence-electron chi connectivity index (χ3n) is 3.89. The number of amides is 1. The fourth-order valence-corrected chi connectivity index (χ4v) is 3.82. The van der Waals surface area contributed by atoms with Crippen molar-refractivity contribution in [1.29, 1.82) is 0 Å².